The van der Waals surface area contributed by atoms with Crippen molar-refractivity contribution in [2.75, 3.05) is 7.11 Å². The van der Waals surface area contributed by atoms with E-state index in [-0.39, 0.29) is 0 Å². The summed E-state index contributed by atoms with van der Waals surface area (Å²) in [4.78, 5) is 4.79. The number of aromatic nitrogens is 2. The first-order valence-corrected chi connectivity index (χ1v) is 7.69. The zero-order valence-corrected chi connectivity index (χ0v) is 12.9. The van der Waals surface area contributed by atoms with Crippen molar-refractivity contribution in [3.63, 3.8) is 0 Å². The molecule has 0 saturated heterocycles. The summed E-state index contributed by atoms with van der Waals surface area (Å²) in [5.41, 5.74) is 4.33. The van der Waals surface area contributed by atoms with Gasteiger partial charge in [-0.3, -0.25) is 0 Å². The lowest BCUT2D eigenvalue weighted by molar-refractivity contribution is 0.415. The quantitative estimate of drug-likeness (QED) is 0.731. The molecule has 4 rings (SSSR count). The lowest BCUT2D eigenvalue weighted by Gasteiger charge is -2.14. The van der Waals surface area contributed by atoms with E-state index in [1.807, 2.05) is 35.0 Å². The molecule has 0 unspecified atom stereocenters. The molecule has 0 fully saturated rings. The number of fused-ring (bicyclic) bond motifs is 1. The highest BCUT2D eigenvalue weighted by Gasteiger charge is 2.16. The number of rotatable bonds is 3. The van der Waals surface area contributed by atoms with E-state index in [4.69, 9.17) is 9.73 Å². The molecule has 3 aromatic rings. The maximum absolute atomic E-state index is 5.21. The van der Waals surface area contributed by atoms with E-state index in [1.54, 1.807) is 7.11 Å². The van der Waals surface area contributed by atoms with Crippen molar-refractivity contribution >= 4 is 11.5 Å². The van der Waals surface area contributed by atoms with Crippen molar-refractivity contribution in [1.29, 1.82) is 0 Å². The Morgan fingerprint density at radius 1 is 0.957 bits per heavy atom. The third-order valence-corrected chi connectivity index (χ3v) is 4.06. The van der Waals surface area contributed by atoms with E-state index in [0.29, 0.717) is 0 Å². The van der Waals surface area contributed by atoms with E-state index in [1.165, 1.54) is 0 Å². The Kier molecular flexibility index (Phi) is 3.42. The van der Waals surface area contributed by atoms with E-state index >= 15 is 0 Å². The lowest BCUT2D eigenvalue weighted by Crippen LogP contribution is -2.13. The van der Waals surface area contributed by atoms with Crippen LogP contribution in [0.4, 0.5) is 5.82 Å². The Balaban J connectivity index is 1.67. The van der Waals surface area contributed by atoms with Crippen LogP contribution in [0.1, 0.15) is 12.0 Å². The Morgan fingerprint density at radius 3 is 2.48 bits per heavy atom. The number of ether oxygens (including phenoxy) is 1. The van der Waals surface area contributed by atoms with Gasteiger partial charge in [-0.05, 0) is 29.8 Å². The fourth-order valence-electron chi connectivity index (χ4n) is 2.81. The maximum Gasteiger partial charge on any atom is 0.151 e. The number of aryl methyl sites for hydroxylation is 1. The minimum absolute atomic E-state index is 0.854. The Morgan fingerprint density at radius 2 is 1.74 bits per heavy atom. The predicted molar refractivity (Wildman–Crippen MR) is 91.5 cm³/mol. The second-order valence-corrected chi connectivity index (χ2v) is 5.51. The van der Waals surface area contributed by atoms with E-state index in [2.05, 4.69) is 35.4 Å². The molecule has 23 heavy (non-hydrogen) atoms. The van der Waals surface area contributed by atoms with Crippen LogP contribution < -0.4 is 4.74 Å². The van der Waals surface area contributed by atoms with Crippen LogP contribution in [0, 0.1) is 0 Å². The lowest BCUT2D eigenvalue weighted by atomic mass is 10.1. The summed E-state index contributed by atoms with van der Waals surface area (Å²) < 4.78 is 7.19. The van der Waals surface area contributed by atoms with Gasteiger partial charge in [-0.2, -0.15) is 5.10 Å². The van der Waals surface area contributed by atoms with Crippen molar-refractivity contribution in [2.24, 2.45) is 4.99 Å². The molecule has 0 spiro atoms. The second-order valence-electron chi connectivity index (χ2n) is 5.51. The highest BCUT2D eigenvalue weighted by atomic mass is 16.5. The highest BCUT2D eigenvalue weighted by molar-refractivity contribution is 6.02. The van der Waals surface area contributed by atoms with Crippen molar-refractivity contribution in [2.45, 2.75) is 13.0 Å². The minimum atomic E-state index is 0.854. The molecule has 2 aromatic carbocycles. The van der Waals surface area contributed by atoms with Gasteiger partial charge in [0.2, 0.25) is 0 Å². The van der Waals surface area contributed by atoms with Crippen LogP contribution in [0.2, 0.25) is 0 Å². The summed E-state index contributed by atoms with van der Waals surface area (Å²) in [6.45, 7) is 0.854. The number of hydrogen-bond donors (Lipinski definition) is 0. The summed E-state index contributed by atoms with van der Waals surface area (Å²) in [5, 5.41) is 4.67. The van der Waals surface area contributed by atoms with Gasteiger partial charge < -0.3 is 4.74 Å². The van der Waals surface area contributed by atoms with Crippen molar-refractivity contribution in [1.82, 2.24) is 9.78 Å². The molecule has 0 saturated carbocycles. The second kappa shape index (κ2) is 5.72. The molecule has 0 amide bonds. The fourth-order valence-corrected chi connectivity index (χ4v) is 2.81. The van der Waals surface area contributed by atoms with Gasteiger partial charge in [-0.15, -0.1) is 0 Å². The molecule has 1 aromatic heterocycles. The van der Waals surface area contributed by atoms with Gasteiger partial charge in [0.25, 0.3) is 0 Å². The SMILES string of the molecule is COc1ccc(C2=Nc3cc(-c4ccccc4)nn3CC2)cc1. The van der Waals surface area contributed by atoms with Crippen LogP contribution in [0.15, 0.2) is 65.7 Å². The number of nitrogens with zero attached hydrogens (tertiary/aromatic N) is 3. The molecule has 0 atom stereocenters. The number of methoxy groups -OCH3 is 1. The summed E-state index contributed by atoms with van der Waals surface area (Å²) in [6, 6.07) is 20.3. The van der Waals surface area contributed by atoms with Gasteiger partial charge in [-0.25, -0.2) is 9.67 Å². The molecule has 0 N–H and O–H groups in total. The monoisotopic (exact) mass is 303 g/mol. The van der Waals surface area contributed by atoms with Crippen LogP contribution >= 0.6 is 0 Å². The fraction of sp³-hybridized carbons (Fsp3) is 0.158. The Hall–Kier alpha value is -2.88. The van der Waals surface area contributed by atoms with Crippen molar-refractivity contribution < 1.29 is 4.74 Å². The molecule has 2 heterocycles. The zero-order chi connectivity index (χ0) is 15.6. The van der Waals surface area contributed by atoms with Gasteiger partial charge in [0.05, 0.1) is 18.5 Å². The molecule has 4 heteroatoms. The zero-order valence-electron chi connectivity index (χ0n) is 12.9. The van der Waals surface area contributed by atoms with Gasteiger partial charge >= 0.3 is 0 Å². The van der Waals surface area contributed by atoms with Crippen LogP contribution in [0.3, 0.4) is 0 Å². The molecule has 0 bridgehead atoms. The van der Waals surface area contributed by atoms with Gasteiger partial charge in [0.1, 0.15) is 5.75 Å². The van der Waals surface area contributed by atoms with Crippen molar-refractivity contribution in [3.05, 3.63) is 66.2 Å². The number of aliphatic imine (C=N–C) groups is 1. The third kappa shape index (κ3) is 2.63. The topological polar surface area (TPSA) is 39.4 Å². The highest BCUT2D eigenvalue weighted by Crippen LogP contribution is 2.28. The first-order chi connectivity index (χ1) is 11.3. The normalized spacial score (nSPS) is 13.3. The van der Waals surface area contributed by atoms with Gasteiger partial charge in [-0.1, -0.05) is 30.3 Å². The predicted octanol–water partition coefficient (Wildman–Crippen LogP) is 4.08. The first-order valence-electron chi connectivity index (χ1n) is 7.69. The van der Waals surface area contributed by atoms with Crippen LogP contribution in [0.5, 0.6) is 5.75 Å². The molecule has 4 nitrogen and oxygen atoms in total. The summed E-state index contributed by atoms with van der Waals surface area (Å²) >= 11 is 0. The third-order valence-electron chi connectivity index (χ3n) is 4.06. The smallest absolute Gasteiger partial charge is 0.151 e. The molecular formula is C19H17N3O. The maximum atomic E-state index is 5.21. The van der Waals surface area contributed by atoms with E-state index in [0.717, 1.165) is 47.1 Å². The average Bonchev–Trinajstić information content (AvgIpc) is 3.06. The van der Waals surface area contributed by atoms with Gasteiger partial charge in [0.15, 0.2) is 5.82 Å². The summed E-state index contributed by atoms with van der Waals surface area (Å²) in [5.74, 6) is 1.78. The largest absolute Gasteiger partial charge is 0.497 e. The molecule has 114 valence electrons. The van der Waals surface area contributed by atoms with E-state index in [9.17, 15) is 0 Å². The van der Waals surface area contributed by atoms with Crippen LogP contribution in [-0.4, -0.2) is 22.6 Å². The minimum Gasteiger partial charge on any atom is -0.497 e. The number of benzene rings is 2. The number of hydrogen-bond acceptors (Lipinski definition) is 3. The Bertz CT molecular complexity index is 848. The van der Waals surface area contributed by atoms with Crippen LogP contribution in [-0.2, 0) is 6.54 Å². The first kappa shape index (κ1) is 13.8. The average molecular weight is 303 g/mol. The van der Waals surface area contributed by atoms with E-state index < -0.39 is 0 Å². The summed E-state index contributed by atoms with van der Waals surface area (Å²) in [6.07, 6.45) is 0.884. The van der Waals surface area contributed by atoms with Crippen LogP contribution in [0.25, 0.3) is 11.3 Å². The van der Waals surface area contributed by atoms with Gasteiger partial charge in [0, 0.05) is 24.6 Å². The molecule has 1 aliphatic heterocycles. The summed E-state index contributed by atoms with van der Waals surface area (Å²) in [7, 11) is 1.68. The molecular weight excluding hydrogens is 286 g/mol. The standard InChI is InChI=1S/C19H17N3O/c1-23-16-9-7-15(8-10-16)17-11-12-22-19(20-17)13-18(21-22)14-5-3-2-4-6-14/h2-10,13H,11-12H2,1H3. The Labute approximate surface area is 135 Å². The molecule has 0 radical (unpaired) electrons. The van der Waals surface area contributed by atoms with Crippen molar-refractivity contribution in [3.8, 4) is 17.0 Å². The molecule has 0 aliphatic carbocycles. The molecule has 1 aliphatic rings.